The molecule has 10 heavy (non-hydrogen) atoms. The number of aromatic nitrogens is 1. The second kappa shape index (κ2) is 4.04. The predicted molar refractivity (Wildman–Crippen MR) is 37.0 cm³/mol. The Labute approximate surface area is 68.6 Å². The number of pyridine rings is 1. The Morgan fingerprint density at radius 1 is 1.60 bits per heavy atom. The molecule has 0 saturated carbocycles. The van der Waals surface area contributed by atoms with Gasteiger partial charge in [-0.1, -0.05) is 0 Å². The Morgan fingerprint density at radius 2 is 2.30 bits per heavy atom. The van der Waals surface area contributed by atoms with E-state index in [1.807, 2.05) is 0 Å². The first-order valence-corrected chi connectivity index (χ1v) is 2.44. The molecule has 2 radical (unpaired) electrons. The van der Waals surface area contributed by atoms with Gasteiger partial charge in [0, 0.05) is 29.5 Å². The van der Waals surface area contributed by atoms with E-state index in [0.29, 0.717) is 0 Å². The third-order valence-electron chi connectivity index (χ3n) is 0.908. The number of aromatic carboxylic acids is 1. The standard InChI is InChI=1S/C6H5NO2.Se/c8-6(9)5-2-1-3-7-4-5;/h1-4H,(H,8,9);. The van der Waals surface area contributed by atoms with E-state index in [0.717, 1.165) is 0 Å². The van der Waals surface area contributed by atoms with Crippen LogP contribution in [0.3, 0.4) is 0 Å². The normalized spacial score (nSPS) is 8.00. The minimum Gasteiger partial charge on any atom is -0.478 e. The third-order valence-corrected chi connectivity index (χ3v) is 0.908. The molecule has 3 nitrogen and oxygen atoms in total. The first-order chi connectivity index (χ1) is 4.30. The van der Waals surface area contributed by atoms with Gasteiger partial charge in [0.1, 0.15) is 0 Å². The van der Waals surface area contributed by atoms with Crippen LogP contribution in [0.5, 0.6) is 0 Å². The van der Waals surface area contributed by atoms with Gasteiger partial charge in [0.25, 0.3) is 0 Å². The second-order valence-electron chi connectivity index (χ2n) is 1.55. The maximum Gasteiger partial charge on any atom is 0.337 e. The zero-order valence-corrected chi connectivity index (χ0v) is 6.73. The van der Waals surface area contributed by atoms with Crippen LogP contribution in [0, 0.1) is 0 Å². The largest absolute Gasteiger partial charge is 0.478 e. The molecule has 1 rings (SSSR count). The Kier molecular flexibility index (Phi) is 3.69. The Bertz CT molecular complexity index is 212. The monoisotopic (exact) mass is 203 g/mol. The number of hydrogen-bond donors (Lipinski definition) is 1. The van der Waals surface area contributed by atoms with Gasteiger partial charge in [0.2, 0.25) is 0 Å². The molecule has 0 saturated heterocycles. The van der Waals surface area contributed by atoms with E-state index in [4.69, 9.17) is 5.11 Å². The molecule has 0 spiro atoms. The van der Waals surface area contributed by atoms with Crippen LogP contribution in [0.25, 0.3) is 0 Å². The van der Waals surface area contributed by atoms with Crippen molar-refractivity contribution in [3.63, 3.8) is 0 Å². The van der Waals surface area contributed by atoms with Crippen LogP contribution in [0.1, 0.15) is 10.4 Å². The molecule has 0 aliphatic rings. The van der Waals surface area contributed by atoms with Gasteiger partial charge < -0.3 is 5.11 Å². The number of carboxylic acids is 1. The number of carboxylic acid groups (broad SMARTS) is 1. The van der Waals surface area contributed by atoms with E-state index >= 15 is 0 Å². The summed E-state index contributed by atoms with van der Waals surface area (Å²) in [7, 11) is 0. The maximum atomic E-state index is 10.2. The molecule has 1 aromatic heterocycles. The molecule has 1 heterocycles. The maximum absolute atomic E-state index is 10.2. The van der Waals surface area contributed by atoms with Crippen molar-refractivity contribution in [2.75, 3.05) is 0 Å². The Morgan fingerprint density at radius 3 is 2.60 bits per heavy atom. The predicted octanol–water partition coefficient (Wildman–Crippen LogP) is 0.399. The smallest absolute Gasteiger partial charge is 0.337 e. The first kappa shape index (κ1) is 9.14. The topological polar surface area (TPSA) is 50.2 Å². The van der Waals surface area contributed by atoms with Crippen molar-refractivity contribution >= 4 is 23.0 Å². The summed E-state index contributed by atoms with van der Waals surface area (Å²) in [4.78, 5) is 13.8. The fourth-order valence-corrected chi connectivity index (χ4v) is 0.489. The molecular formula is C6H5NO2Se. The van der Waals surface area contributed by atoms with Gasteiger partial charge in [-0.25, -0.2) is 4.79 Å². The summed E-state index contributed by atoms with van der Waals surface area (Å²) >= 11 is 0. The number of nitrogens with zero attached hydrogens (tertiary/aromatic N) is 1. The molecule has 0 aliphatic carbocycles. The van der Waals surface area contributed by atoms with Crippen LogP contribution in [0.4, 0.5) is 0 Å². The van der Waals surface area contributed by atoms with Crippen molar-refractivity contribution in [3.8, 4) is 0 Å². The molecule has 1 aromatic rings. The van der Waals surface area contributed by atoms with Crippen LogP contribution in [0.15, 0.2) is 24.5 Å². The second-order valence-corrected chi connectivity index (χ2v) is 1.55. The molecule has 4 heteroatoms. The number of carbonyl (C=O) groups is 1. The fraction of sp³-hybridized carbons (Fsp3) is 0. The van der Waals surface area contributed by atoms with Crippen molar-refractivity contribution in [3.05, 3.63) is 30.1 Å². The van der Waals surface area contributed by atoms with Gasteiger partial charge in [0.15, 0.2) is 0 Å². The van der Waals surface area contributed by atoms with E-state index < -0.39 is 5.97 Å². The van der Waals surface area contributed by atoms with Crippen molar-refractivity contribution in [2.24, 2.45) is 0 Å². The van der Waals surface area contributed by atoms with E-state index in [1.165, 1.54) is 18.5 Å². The van der Waals surface area contributed by atoms with E-state index in [9.17, 15) is 4.79 Å². The first-order valence-electron chi connectivity index (χ1n) is 2.44. The van der Waals surface area contributed by atoms with Gasteiger partial charge in [-0.15, -0.1) is 0 Å². The zero-order chi connectivity index (χ0) is 6.69. The zero-order valence-electron chi connectivity index (χ0n) is 5.02. The summed E-state index contributed by atoms with van der Waals surface area (Å²) in [5, 5.41) is 8.34. The minimum absolute atomic E-state index is 0. The summed E-state index contributed by atoms with van der Waals surface area (Å²) in [6.45, 7) is 0. The SMILES string of the molecule is O=C(O)c1cccnc1.[Se]. The van der Waals surface area contributed by atoms with Crippen LogP contribution >= 0.6 is 0 Å². The third kappa shape index (κ3) is 2.17. The summed E-state index contributed by atoms with van der Waals surface area (Å²) in [5.41, 5.74) is 0.220. The van der Waals surface area contributed by atoms with Gasteiger partial charge in [-0.3, -0.25) is 4.98 Å². The van der Waals surface area contributed by atoms with Crippen LogP contribution in [-0.4, -0.2) is 33.1 Å². The Hall–Kier alpha value is -0.861. The van der Waals surface area contributed by atoms with Crippen LogP contribution < -0.4 is 0 Å². The van der Waals surface area contributed by atoms with E-state index in [1.54, 1.807) is 6.07 Å². The minimum atomic E-state index is -0.942. The van der Waals surface area contributed by atoms with E-state index in [-0.39, 0.29) is 22.6 Å². The van der Waals surface area contributed by atoms with Crippen molar-refractivity contribution in [1.82, 2.24) is 4.98 Å². The van der Waals surface area contributed by atoms with Crippen molar-refractivity contribution < 1.29 is 9.90 Å². The molecule has 0 aromatic carbocycles. The molecule has 0 atom stereocenters. The molecule has 52 valence electrons. The summed E-state index contributed by atoms with van der Waals surface area (Å²) in [5.74, 6) is -0.942. The molecule has 0 fully saturated rings. The number of hydrogen-bond acceptors (Lipinski definition) is 2. The van der Waals surface area contributed by atoms with Gasteiger partial charge >= 0.3 is 5.97 Å². The average Bonchev–Trinajstić information content (AvgIpc) is 1.90. The fourth-order valence-electron chi connectivity index (χ4n) is 0.489. The van der Waals surface area contributed by atoms with Gasteiger partial charge in [-0.05, 0) is 12.1 Å². The molecular weight excluding hydrogens is 197 g/mol. The molecule has 0 amide bonds. The quantitative estimate of drug-likeness (QED) is 0.670. The molecule has 0 bridgehead atoms. The summed E-state index contributed by atoms with van der Waals surface area (Å²) in [6.07, 6.45) is 2.84. The summed E-state index contributed by atoms with van der Waals surface area (Å²) in [6, 6.07) is 3.08. The van der Waals surface area contributed by atoms with Crippen LogP contribution in [0.2, 0.25) is 0 Å². The molecule has 1 N–H and O–H groups in total. The number of rotatable bonds is 1. The summed E-state index contributed by atoms with van der Waals surface area (Å²) < 4.78 is 0. The molecule has 0 unspecified atom stereocenters. The van der Waals surface area contributed by atoms with Crippen molar-refractivity contribution in [1.29, 1.82) is 0 Å². The van der Waals surface area contributed by atoms with Crippen LogP contribution in [-0.2, 0) is 0 Å². The van der Waals surface area contributed by atoms with Crippen molar-refractivity contribution in [2.45, 2.75) is 0 Å². The molecule has 0 aliphatic heterocycles. The van der Waals surface area contributed by atoms with E-state index in [2.05, 4.69) is 4.98 Å². The Balaban J connectivity index is 0.000000810. The average molecular weight is 202 g/mol. The van der Waals surface area contributed by atoms with Gasteiger partial charge in [0.05, 0.1) is 5.56 Å². The van der Waals surface area contributed by atoms with Gasteiger partial charge in [-0.2, -0.15) is 0 Å².